The number of hydrogen-bond acceptors (Lipinski definition) is 3. The summed E-state index contributed by atoms with van der Waals surface area (Å²) in [7, 11) is 0. The number of benzene rings is 1. The van der Waals surface area contributed by atoms with Crippen molar-refractivity contribution in [3.63, 3.8) is 0 Å². The zero-order chi connectivity index (χ0) is 12.0. The van der Waals surface area contributed by atoms with E-state index in [2.05, 4.69) is 0 Å². The molecule has 4 N–H and O–H groups in total. The van der Waals surface area contributed by atoms with E-state index in [1.54, 1.807) is 6.92 Å². The normalized spacial score (nSPS) is 12.7. The van der Waals surface area contributed by atoms with Crippen LogP contribution in [0.15, 0.2) is 30.3 Å². The average Bonchev–Trinajstić information content (AvgIpc) is 2.29. The minimum absolute atomic E-state index is 0.288. The molecule has 0 saturated heterocycles. The lowest BCUT2D eigenvalue weighted by molar-refractivity contribution is -0.122. The summed E-state index contributed by atoms with van der Waals surface area (Å²) < 4.78 is 0. The Bertz CT molecular complexity index is 326. The number of primary amides is 1. The Hall–Kier alpha value is -1.39. The van der Waals surface area contributed by atoms with E-state index in [9.17, 15) is 4.79 Å². The van der Waals surface area contributed by atoms with Gasteiger partial charge in [0.2, 0.25) is 5.91 Å². The van der Waals surface area contributed by atoms with Crippen molar-refractivity contribution in [2.75, 3.05) is 13.1 Å². The van der Waals surface area contributed by atoms with Crippen LogP contribution in [0.1, 0.15) is 12.5 Å². The van der Waals surface area contributed by atoms with E-state index in [1.807, 2.05) is 35.2 Å². The highest BCUT2D eigenvalue weighted by molar-refractivity contribution is 5.79. The minimum Gasteiger partial charge on any atom is -0.368 e. The molecular formula is C12H19N3O. The van der Waals surface area contributed by atoms with Crippen LogP contribution in [0, 0.1) is 0 Å². The lowest BCUT2D eigenvalue weighted by Gasteiger charge is -2.26. The summed E-state index contributed by atoms with van der Waals surface area (Å²) in [4.78, 5) is 13.1. The highest BCUT2D eigenvalue weighted by Crippen LogP contribution is 2.07. The summed E-state index contributed by atoms with van der Waals surface area (Å²) in [6.45, 7) is 3.69. The third-order valence-electron chi connectivity index (χ3n) is 2.60. The molecule has 1 amide bonds. The SMILES string of the molecule is CC(C(N)=O)N(CCN)Cc1ccccc1. The first-order valence-corrected chi connectivity index (χ1v) is 5.42. The fourth-order valence-electron chi connectivity index (χ4n) is 1.57. The largest absolute Gasteiger partial charge is 0.368 e. The van der Waals surface area contributed by atoms with Crippen LogP contribution in [0.5, 0.6) is 0 Å². The van der Waals surface area contributed by atoms with E-state index in [-0.39, 0.29) is 11.9 Å². The molecule has 1 unspecified atom stereocenters. The van der Waals surface area contributed by atoms with E-state index < -0.39 is 0 Å². The standard InChI is InChI=1S/C12H19N3O/c1-10(12(14)16)15(8-7-13)9-11-5-3-2-4-6-11/h2-6,10H,7-9,13H2,1H3,(H2,14,16). The number of carbonyl (C=O) groups is 1. The second kappa shape index (κ2) is 6.25. The smallest absolute Gasteiger partial charge is 0.234 e. The van der Waals surface area contributed by atoms with Gasteiger partial charge in [-0.3, -0.25) is 9.69 Å². The summed E-state index contributed by atoms with van der Waals surface area (Å²) >= 11 is 0. The van der Waals surface area contributed by atoms with Crippen molar-refractivity contribution in [2.45, 2.75) is 19.5 Å². The van der Waals surface area contributed by atoms with Crippen molar-refractivity contribution in [3.8, 4) is 0 Å². The molecule has 0 spiro atoms. The molecule has 0 saturated carbocycles. The number of rotatable bonds is 6. The van der Waals surface area contributed by atoms with Crippen molar-refractivity contribution < 1.29 is 4.79 Å². The van der Waals surface area contributed by atoms with Gasteiger partial charge < -0.3 is 11.5 Å². The molecule has 0 radical (unpaired) electrons. The van der Waals surface area contributed by atoms with Gasteiger partial charge in [-0.25, -0.2) is 0 Å². The van der Waals surface area contributed by atoms with Crippen molar-refractivity contribution >= 4 is 5.91 Å². The van der Waals surface area contributed by atoms with Crippen LogP contribution in [0.25, 0.3) is 0 Å². The fraction of sp³-hybridized carbons (Fsp3) is 0.417. The van der Waals surface area contributed by atoms with Gasteiger partial charge in [0.1, 0.15) is 0 Å². The van der Waals surface area contributed by atoms with Crippen LogP contribution < -0.4 is 11.5 Å². The van der Waals surface area contributed by atoms with Gasteiger partial charge in [0, 0.05) is 19.6 Å². The molecule has 1 atom stereocenters. The quantitative estimate of drug-likeness (QED) is 0.726. The van der Waals surface area contributed by atoms with Crippen molar-refractivity contribution in [2.24, 2.45) is 11.5 Å². The summed E-state index contributed by atoms with van der Waals surface area (Å²) in [6, 6.07) is 9.68. The van der Waals surface area contributed by atoms with Gasteiger partial charge >= 0.3 is 0 Å². The van der Waals surface area contributed by atoms with Crippen molar-refractivity contribution in [3.05, 3.63) is 35.9 Å². The summed E-state index contributed by atoms with van der Waals surface area (Å²) in [5.74, 6) is -0.315. The van der Waals surface area contributed by atoms with Crippen LogP contribution in [0.3, 0.4) is 0 Å². The molecule has 0 aromatic heterocycles. The van der Waals surface area contributed by atoms with Crippen LogP contribution in [-0.4, -0.2) is 29.9 Å². The van der Waals surface area contributed by atoms with E-state index >= 15 is 0 Å². The minimum atomic E-state index is -0.315. The number of nitrogens with two attached hydrogens (primary N) is 2. The summed E-state index contributed by atoms with van der Waals surface area (Å²) in [5.41, 5.74) is 12.0. The number of nitrogens with zero attached hydrogens (tertiary/aromatic N) is 1. The maximum Gasteiger partial charge on any atom is 0.234 e. The summed E-state index contributed by atoms with van der Waals surface area (Å²) in [6.07, 6.45) is 0. The first-order valence-electron chi connectivity index (χ1n) is 5.42. The molecule has 1 aromatic rings. The first kappa shape index (κ1) is 12.7. The molecule has 1 rings (SSSR count). The maximum atomic E-state index is 11.1. The van der Waals surface area contributed by atoms with Gasteiger partial charge in [-0.15, -0.1) is 0 Å². The predicted octanol–water partition coefficient (Wildman–Crippen LogP) is 0.321. The maximum absolute atomic E-state index is 11.1. The highest BCUT2D eigenvalue weighted by Gasteiger charge is 2.17. The Kier molecular flexibility index (Phi) is 4.95. The monoisotopic (exact) mass is 221 g/mol. The molecule has 0 fully saturated rings. The van der Waals surface area contributed by atoms with Gasteiger partial charge in [-0.2, -0.15) is 0 Å². The molecule has 16 heavy (non-hydrogen) atoms. The van der Waals surface area contributed by atoms with Gasteiger partial charge in [-0.05, 0) is 12.5 Å². The van der Waals surface area contributed by atoms with E-state index in [0.717, 1.165) is 5.56 Å². The van der Waals surface area contributed by atoms with Gasteiger partial charge in [0.15, 0.2) is 0 Å². The highest BCUT2D eigenvalue weighted by atomic mass is 16.1. The predicted molar refractivity (Wildman–Crippen MR) is 64.6 cm³/mol. The Labute approximate surface area is 96.2 Å². The Morgan fingerprint density at radius 1 is 1.38 bits per heavy atom. The molecule has 4 nitrogen and oxygen atoms in total. The lowest BCUT2D eigenvalue weighted by atomic mass is 10.1. The molecule has 1 aromatic carbocycles. The molecule has 88 valence electrons. The zero-order valence-corrected chi connectivity index (χ0v) is 9.60. The lowest BCUT2D eigenvalue weighted by Crippen LogP contribution is -2.44. The van der Waals surface area contributed by atoms with Crippen LogP contribution in [0.2, 0.25) is 0 Å². The average molecular weight is 221 g/mol. The molecule has 4 heteroatoms. The molecule has 0 aliphatic rings. The molecule has 0 bridgehead atoms. The number of amides is 1. The third kappa shape index (κ3) is 3.64. The zero-order valence-electron chi connectivity index (χ0n) is 9.60. The van der Waals surface area contributed by atoms with Gasteiger partial charge in [0.25, 0.3) is 0 Å². The van der Waals surface area contributed by atoms with Gasteiger partial charge in [-0.1, -0.05) is 30.3 Å². The molecule has 0 aliphatic heterocycles. The molecule has 0 heterocycles. The summed E-state index contributed by atoms with van der Waals surface area (Å²) in [5, 5.41) is 0. The topological polar surface area (TPSA) is 72.4 Å². The second-order valence-corrected chi connectivity index (χ2v) is 3.82. The van der Waals surface area contributed by atoms with Crippen LogP contribution in [-0.2, 0) is 11.3 Å². The Morgan fingerprint density at radius 2 is 2.00 bits per heavy atom. The van der Waals surface area contributed by atoms with Crippen molar-refractivity contribution in [1.29, 1.82) is 0 Å². The van der Waals surface area contributed by atoms with E-state index in [4.69, 9.17) is 11.5 Å². The van der Waals surface area contributed by atoms with Gasteiger partial charge in [0.05, 0.1) is 6.04 Å². The molecular weight excluding hydrogens is 202 g/mol. The Morgan fingerprint density at radius 3 is 2.50 bits per heavy atom. The number of carbonyl (C=O) groups excluding carboxylic acids is 1. The number of hydrogen-bond donors (Lipinski definition) is 2. The van der Waals surface area contributed by atoms with Crippen LogP contribution >= 0.6 is 0 Å². The fourth-order valence-corrected chi connectivity index (χ4v) is 1.57. The van der Waals surface area contributed by atoms with E-state index in [0.29, 0.717) is 19.6 Å². The second-order valence-electron chi connectivity index (χ2n) is 3.82. The molecule has 0 aliphatic carbocycles. The third-order valence-corrected chi connectivity index (χ3v) is 2.60. The van der Waals surface area contributed by atoms with E-state index in [1.165, 1.54) is 0 Å². The van der Waals surface area contributed by atoms with Crippen molar-refractivity contribution in [1.82, 2.24) is 4.90 Å². The van der Waals surface area contributed by atoms with Crippen LogP contribution in [0.4, 0.5) is 0 Å². The Balaban J connectivity index is 2.68. The first-order chi connectivity index (χ1) is 7.65.